The van der Waals surface area contributed by atoms with Crippen molar-refractivity contribution in [1.29, 1.82) is 0 Å². The maximum absolute atomic E-state index is 12.6. The lowest BCUT2D eigenvalue weighted by Gasteiger charge is -2.26. The summed E-state index contributed by atoms with van der Waals surface area (Å²) in [6.07, 6.45) is 4.43. The summed E-state index contributed by atoms with van der Waals surface area (Å²) >= 11 is 0. The van der Waals surface area contributed by atoms with E-state index < -0.39 is 26.0 Å². The van der Waals surface area contributed by atoms with Crippen LogP contribution in [0.2, 0.25) is 0 Å². The number of rotatable bonds is 6. The van der Waals surface area contributed by atoms with Gasteiger partial charge >= 0.3 is 5.97 Å². The van der Waals surface area contributed by atoms with E-state index in [2.05, 4.69) is 9.38 Å². The van der Waals surface area contributed by atoms with Crippen LogP contribution in [-0.4, -0.2) is 73.8 Å². The van der Waals surface area contributed by atoms with Gasteiger partial charge in [-0.2, -0.15) is 0 Å². The van der Waals surface area contributed by atoms with Crippen molar-refractivity contribution in [1.82, 2.24) is 18.8 Å². The summed E-state index contributed by atoms with van der Waals surface area (Å²) in [5.41, 5.74) is 1.47. The summed E-state index contributed by atoms with van der Waals surface area (Å²) < 4.78 is 60.2. The van der Waals surface area contributed by atoms with Gasteiger partial charge in [-0.05, 0) is 37.3 Å². The zero-order chi connectivity index (χ0) is 24.0. The van der Waals surface area contributed by atoms with Crippen molar-refractivity contribution in [2.24, 2.45) is 4.40 Å². The molecular formula is C20H23N5O6S2. The number of hydrogen-bond acceptors (Lipinski definition) is 8. The van der Waals surface area contributed by atoms with Crippen molar-refractivity contribution in [3.63, 3.8) is 0 Å². The Hall–Kier alpha value is -3.03. The Morgan fingerprint density at radius 1 is 1.24 bits per heavy atom. The number of amidine groups is 1. The minimum absolute atomic E-state index is 0.113. The van der Waals surface area contributed by atoms with Gasteiger partial charge in [-0.1, -0.05) is 0 Å². The Balaban J connectivity index is 1.54. The van der Waals surface area contributed by atoms with E-state index in [0.29, 0.717) is 17.9 Å². The lowest BCUT2D eigenvalue weighted by molar-refractivity contribution is -0.140. The molecular weight excluding hydrogens is 470 g/mol. The van der Waals surface area contributed by atoms with E-state index in [1.807, 2.05) is 11.5 Å². The molecule has 3 heterocycles. The van der Waals surface area contributed by atoms with Gasteiger partial charge in [-0.3, -0.25) is 0 Å². The minimum atomic E-state index is -3.60. The molecule has 0 bridgehead atoms. The van der Waals surface area contributed by atoms with E-state index in [4.69, 9.17) is 4.74 Å². The van der Waals surface area contributed by atoms with E-state index in [-0.39, 0.29) is 35.2 Å². The lowest BCUT2D eigenvalue weighted by atomic mass is 10.2. The van der Waals surface area contributed by atoms with Crippen LogP contribution < -0.4 is 0 Å². The van der Waals surface area contributed by atoms with E-state index in [1.165, 1.54) is 44.6 Å². The molecule has 0 fully saturated rings. The molecule has 0 aliphatic carbocycles. The number of imidazole rings is 1. The van der Waals surface area contributed by atoms with Gasteiger partial charge in [0.1, 0.15) is 18.3 Å². The second-order valence-electron chi connectivity index (χ2n) is 7.63. The fourth-order valence-electron chi connectivity index (χ4n) is 3.53. The number of aromatic nitrogens is 2. The molecule has 0 atom stereocenters. The number of fused-ring (bicyclic) bond motifs is 2. The van der Waals surface area contributed by atoms with Crippen LogP contribution in [0.5, 0.6) is 0 Å². The molecule has 0 unspecified atom stereocenters. The summed E-state index contributed by atoms with van der Waals surface area (Å²) in [4.78, 5) is 18.8. The average Bonchev–Trinajstić information content (AvgIpc) is 3.13. The average molecular weight is 494 g/mol. The van der Waals surface area contributed by atoms with Gasteiger partial charge < -0.3 is 14.2 Å². The zero-order valence-corrected chi connectivity index (χ0v) is 19.9. The number of carbonyl (C=O) groups is 1. The van der Waals surface area contributed by atoms with Crippen molar-refractivity contribution in [3.8, 4) is 0 Å². The molecule has 11 nitrogen and oxygen atoms in total. The Morgan fingerprint density at radius 3 is 2.70 bits per heavy atom. The predicted molar refractivity (Wildman–Crippen MR) is 121 cm³/mol. The van der Waals surface area contributed by atoms with Crippen molar-refractivity contribution >= 4 is 42.9 Å². The van der Waals surface area contributed by atoms with Gasteiger partial charge in [-0.15, -0.1) is 4.40 Å². The highest BCUT2D eigenvalue weighted by atomic mass is 32.2. The number of carbonyl (C=O) groups excluding carboxylic acids is 1. The first kappa shape index (κ1) is 23.1. The highest BCUT2D eigenvalue weighted by molar-refractivity contribution is 7.90. The number of aryl methyl sites for hydroxylation is 1. The van der Waals surface area contributed by atoms with Crippen LogP contribution in [-0.2, 0) is 42.7 Å². The summed E-state index contributed by atoms with van der Waals surface area (Å²) in [5.74, 6) is 0.0141. The Bertz CT molecular complexity index is 1430. The van der Waals surface area contributed by atoms with Crippen LogP contribution in [0.25, 0.3) is 11.0 Å². The van der Waals surface area contributed by atoms with Crippen LogP contribution in [0.3, 0.4) is 0 Å². The smallest absolute Gasteiger partial charge is 0.340 e. The number of hydrogen-bond donors (Lipinski definition) is 0. The Labute approximate surface area is 191 Å². The first-order valence-corrected chi connectivity index (χ1v) is 13.1. The molecule has 2 aliphatic heterocycles. The Kier molecular flexibility index (Phi) is 5.88. The molecule has 2 aliphatic rings. The number of nitrogens with zero attached hydrogens (tertiary/aromatic N) is 5. The SMILES string of the molecule is CCn1c(COC(=O)C2=CN3CCS(=O)(=O)N=C3C=C2)nc2cc(S(=O)(=O)N(C)C)ccc21. The third-order valence-corrected chi connectivity index (χ3v) is 8.26. The molecule has 33 heavy (non-hydrogen) atoms. The zero-order valence-electron chi connectivity index (χ0n) is 18.3. The summed E-state index contributed by atoms with van der Waals surface area (Å²) in [7, 11) is -4.16. The second-order valence-corrected chi connectivity index (χ2v) is 11.5. The molecule has 0 N–H and O–H groups in total. The van der Waals surface area contributed by atoms with Crippen LogP contribution in [0, 0.1) is 0 Å². The summed E-state index contributed by atoms with van der Waals surface area (Å²) in [6.45, 7) is 2.55. The van der Waals surface area contributed by atoms with Crippen molar-refractivity contribution < 1.29 is 26.4 Å². The van der Waals surface area contributed by atoms with Crippen molar-refractivity contribution in [2.75, 3.05) is 26.4 Å². The first-order chi connectivity index (χ1) is 15.5. The van der Waals surface area contributed by atoms with E-state index >= 15 is 0 Å². The molecule has 176 valence electrons. The standard InChI is InChI=1S/C20H23N5O6S2/c1-4-25-17-7-6-15(33(29,30)23(2)3)11-16(17)21-19(25)13-31-20(26)14-5-8-18-22-32(27,28)10-9-24(18)12-14/h5-8,11-12H,4,9-10,13H2,1-3H3. The molecule has 0 saturated carbocycles. The molecule has 1 aromatic heterocycles. The van der Waals surface area contributed by atoms with Crippen LogP contribution in [0.4, 0.5) is 0 Å². The molecule has 0 amide bonds. The van der Waals surface area contributed by atoms with E-state index in [0.717, 1.165) is 9.82 Å². The fraction of sp³-hybridized carbons (Fsp3) is 0.350. The summed E-state index contributed by atoms with van der Waals surface area (Å²) in [6, 6.07) is 4.71. The van der Waals surface area contributed by atoms with Gasteiger partial charge in [-0.25, -0.2) is 30.9 Å². The highest BCUT2D eigenvalue weighted by Gasteiger charge is 2.26. The monoisotopic (exact) mass is 493 g/mol. The topological polar surface area (TPSA) is 131 Å². The van der Waals surface area contributed by atoms with Gasteiger partial charge in [0.2, 0.25) is 10.0 Å². The largest absolute Gasteiger partial charge is 0.454 e. The molecule has 1 aromatic carbocycles. The third kappa shape index (κ3) is 4.43. The molecule has 4 rings (SSSR count). The maximum Gasteiger partial charge on any atom is 0.340 e. The van der Waals surface area contributed by atoms with E-state index in [1.54, 1.807) is 11.0 Å². The van der Waals surface area contributed by atoms with Crippen molar-refractivity contribution in [3.05, 3.63) is 47.9 Å². The number of esters is 1. The van der Waals surface area contributed by atoms with Crippen LogP contribution in [0.1, 0.15) is 12.7 Å². The van der Waals surface area contributed by atoms with Crippen LogP contribution >= 0.6 is 0 Å². The van der Waals surface area contributed by atoms with Crippen LogP contribution in [0.15, 0.2) is 51.4 Å². The van der Waals surface area contributed by atoms with Gasteiger partial charge in [0, 0.05) is 33.4 Å². The molecule has 2 aromatic rings. The molecule has 13 heteroatoms. The van der Waals surface area contributed by atoms with E-state index in [9.17, 15) is 21.6 Å². The normalized spacial score (nSPS) is 17.6. The minimum Gasteiger partial charge on any atom is -0.454 e. The lowest BCUT2D eigenvalue weighted by Crippen LogP contribution is -2.37. The molecule has 0 radical (unpaired) electrons. The number of benzene rings is 1. The highest BCUT2D eigenvalue weighted by Crippen LogP contribution is 2.23. The van der Waals surface area contributed by atoms with Gasteiger partial charge in [0.25, 0.3) is 10.0 Å². The number of sulfonamides is 2. The van der Waals surface area contributed by atoms with Gasteiger partial charge in [0.15, 0.2) is 0 Å². The fourth-order valence-corrected chi connectivity index (χ4v) is 5.42. The molecule has 0 saturated heterocycles. The van der Waals surface area contributed by atoms with Gasteiger partial charge in [0.05, 0.1) is 27.3 Å². The quantitative estimate of drug-likeness (QED) is 0.541. The first-order valence-electron chi connectivity index (χ1n) is 10.1. The Morgan fingerprint density at radius 2 is 2.00 bits per heavy atom. The summed E-state index contributed by atoms with van der Waals surface area (Å²) in [5, 5.41) is 0. The second kappa shape index (κ2) is 8.39. The third-order valence-electron chi connectivity index (χ3n) is 5.29. The number of ether oxygens (including phenoxy) is 1. The van der Waals surface area contributed by atoms with Crippen molar-refractivity contribution in [2.45, 2.75) is 25.0 Å². The molecule has 0 spiro atoms. The maximum atomic E-state index is 12.6. The predicted octanol–water partition coefficient (Wildman–Crippen LogP) is 0.847.